The Balaban J connectivity index is 3.27. The second kappa shape index (κ2) is 8.77. The van der Waals surface area contributed by atoms with E-state index in [-0.39, 0.29) is 11.8 Å². The van der Waals surface area contributed by atoms with Gasteiger partial charge in [-0.15, -0.1) is 0 Å². The van der Waals surface area contributed by atoms with Crippen molar-refractivity contribution in [2.75, 3.05) is 26.8 Å². The molecule has 0 bridgehead atoms. The number of oxime groups is 1. The number of rotatable bonds is 8. The van der Waals surface area contributed by atoms with Crippen LogP contribution in [0.5, 0.6) is 0 Å². The molecule has 1 atom stereocenters. The van der Waals surface area contributed by atoms with E-state index in [2.05, 4.69) is 10.5 Å². The molecule has 0 spiro atoms. The topological polar surface area (TPSA) is 79.9 Å². The van der Waals surface area contributed by atoms with Gasteiger partial charge in [0.15, 0.2) is 0 Å². The molecular formula is C9H21N3O2. The van der Waals surface area contributed by atoms with Gasteiger partial charge in [0.25, 0.3) is 0 Å². The predicted molar refractivity (Wildman–Crippen MR) is 56.6 cm³/mol. The molecule has 0 rings (SSSR count). The van der Waals surface area contributed by atoms with Gasteiger partial charge >= 0.3 is 0 Å². The fourth-order valence-corrected chi connectivity index (χ4v) is 1.02. The summed E-state index contributed by atoms with van der Waals surface area (Å²) >= 11 is 0. The first-order valence-corrected chi connectivity index (χ1v) is 4.89. The molecule has 0 radical (unpaired) electrons. The number of amidine groups is 1. The highest BCUT2D eigenvalue weighted by Crippen LogP contribution is 1.93. The van der Waals surface area contributed by atoms with Crippen LogP contribution in [0.25, 0.3) is 0 Å². The monoisotopic (exact) mass is 203 g/mol. The van der Waals surface area contributed by atoms with E-state index < -0.39 is 0 Å². The minimum absolute atomic E-state index is 0.0717. The van der Waals surface area contributed by atoms with Gasteiger partial charge in [0, 0.05) is 26.2 Å². The van der Waals surface area contributed by atoms with Gasteiger partial charge in [-0.3, -0.25) is 0 Å². The van der Waals surface area contributed by atoms with Crippen LogP contribution in [-0.4, -0.2) is 37.8 Å². The molecule has 4 N–H and O–H groups in total. The number of hydrogen-bond donors (Lipinski definition) is 3. The van der Waals surface area contributed by atoms with E-state index in [1.54, 1.807) is 7.11 Å². The normalized spacial score (nSPS) is 14.3. The third-order valence-electron chi connectivity index (χ3n) is 2.02. The van der Waals surface area contributed by atoms with E-state index in [0.29, 0.717) is 0 Å². The molecule has 0 aliphatic rings. The Kier molecular flexibility index (Phi) is 8.27. The largest absolute Gasteiger partial charge is 0.409 e. The fraction of sp³-hybridized carbons (Fsp3) is 0.889. The molecule has 0 aromatic rings. The molecule has 0 aromatic carbocycles. The molecule has 0 aromatic heterocycles. The smallest absolute Gasteiger partial charge is 0.143 e. The first-order chi connectivity index (χ1) is 6.72. The molecule has 5 heteroatoms. The van der Waals surface area contributed by atoms with Crippen LogP contribution in [0.15, 0.2) is 5.16 Å². The van der Waals surface area contributed by atoms with Gasteiger partial charge in [0.05, 0.1) is 0 Å². The minimum atomic E-state index is 0.0717. The zero-order valence-corrected chi connectivity index (χ0v) is 8.99. The van der Waals surface area contributed by atoms with Crippen LogP contribution in [0.3, 0.4) is 0 Å². The first kappa shape index (κ1) is 13.2. The molecule has 5 nitrogen and oxygen atoms in total. The summed E-state index contributed by atoms with van der Waals surface area (Å²) in [5.74, 6) is 0.344. The highest BCUT2D eigenvalue weighted by Gasteiger charge is 2.05. The lowest BCUT2D eigenvalue weighted by molar-refractivity contribution is 0.192. The average molecular weight is 203 g/mol. The number of hydrogen-bond acceptors (Lipinski definition) is 4. The quantitative estimate of drug-likeness (QED) is 0.175. The van der Waals surface area contributed by atoms with E-state index in [1.807, 2.05) is 6.92 Å². The predicted octanol–water partition coefficient (Wildman–Crippen LogP) is 0.385. The second-order valence-corrected chi connectivity index (χ2v) is 3.33. The van der Waals surface area contributed by atoms with Crippen molar-refractivity contribution in [1.82, 2.24) is 5.32 Å². The maximum atomic E-state index is 8.40. The fourth-order valence-electron chi connectivity index (χ4n) is 1.02. The van der Waals surface area contributed by atoms with Crippen molar-refractivity contribution >= 4 is 5.84 Å². The van der Waals surface area contributed by atoms with Gasteiger partial charge in [0.2, 0.25) is 0 Å². The number of nitrogens with two attached hydrogens (primary N) is 1. The number of nitrogens with one attached hydrogen (secondary N) is 1. The summed E-state index contributed by atoms with van der Waals surface area (Å²) in [4.78, 5) is 0. The van der Waals surface area contributed by atoms with E-state index >= 15 is 0 Å². The highest BCUT2D eigenvalue weighted by molar-refractivity contribution is 5.82. The molecule has 0 fully saturated rings. The zero-order valence-electron chi connectivity index (χ0n) is 8.99. The Morgan fingerprint density at radius 3 is 2.86 bits per heavy atom. The van der Waals surface area contributed by atoms with Crippen molar-refractivity contribution in [1.29, 1.82) is 0 Å². The summed E-state index contributed by atoms with van der Waals surface area (Å²) in [5, 5.41) is 14.6. The molecule has 0 amide bonds. The first-order valence-electron chi connectivity index (χ1n) is 4.89. The van der Waals surface area contributed by atoms with E-state index in [1.165, 1.54) is 0 Å². The van der Waals surface area contributed by atoms with Crippen LogP contribution in [0.4, 0.5) is 0 Å². The summed E-state index contributed by atoms with van der Waals surface area (Å²) in [6.45, 7) is 4.39. The summed E-state index contributed by atoms with van der Waals surface area (Å²) in [6, 6.07) is 0. The third-order valence-corrected chi connectivity index (χ3v) is 2.02. The Labute approximate surface area is 85.3 Å². The lowest BCUT2D eigenvalue weighted by Crippen LogP contribution is -2.31. The van der Waals surface area contributed by atoms with E-state index in [4.69, 9.17) is 15.7 Å². The summed E-state index contributed by atoms with van der Waals surface area (Å²) in [7, 11) is 1.70. The second-order valence-electron chi connectivity index (χ2n) is 3.33. The number of ether oxygens (including phenoxy) is 1. The van der Waals surface area contributed by atoms with Crippen molar-refractivity contribution in [2.45, 2.75) is 19.8 Å². The van der Waals surface area contributed by atoms with Crippen LogP contribution < -0.4 is 11.1 Å². The van der Waals surface area contributed by atoms with Gasteiger partial charge in [-0.2, -0.15) is 0 Å². The lowest BCUT2D eigenvalue weighted by Gasteiger charge is -2.10. The standard InChI is InChI=1S/C9H21N3O2/c1-8(9(10)12-13)7-11-5-3-4-6-14-2/h8,11,13H,3-7H2,1-2H3,(H2,10,12). The number of unbranched alkanes of at least 4 members (excludes halogenated alkanes) is 1. The molecule has 14 heavy (non-hydrogen) atoms. The maximum Gasteiger partial charge on any atom is 0.143 e. The summed E-state index contributed by atoms with van der Waals surface area (Å²) in [5.41, 5.74) is 5.42. The van der Waals surface area contributed by atoms with Crippen LogP contribution in [-0.2, 0) is 4.74 Å². The molecule has 84 valence electrons. The average Bonchev–Trinajstić information content (AvgIpc) is 2.21. The Morgan fingerprint density at radius 1 is 1.57 bits per heavy atom. The Hall–Kier alpha value is -0.810. The van der Waals surface area contributed by atoms with Gasteiger partial charge < -0.3 is 21.0 Å². The molecule has 0 saturated heterocycles. The van der Waals surface area contributed by atoms with Gasteiger partial charge in [0.1, 0.15) is 5.84 Å². The SMILES string of the molecule is COCCCCNCC(C)C(N)=NO. The maximum absolute atomic E-state index is 8.40. The Bertz CT molecular complexity index is 162. The van der Waals surface area contributed by atoms with Crippen molar-refractivity contribution in [2.24, 2.45) is 16.8 Å². The van der Waals surface area contributed by atoms with Crippen LogP contribution in [0, 0.1) is 5.92 Å². The van der Waals surface area contributed by atoms with E-state index in [0.717, 1.165) is 32.5 Å². The Morgan fingerprint density at radius 2 is 2.29 bits per heavy atom. The van der Waals surface area contributed by atoms with Gasteiger partial charge in [-0.25, -0.2) is 0 Å². The minimum Gasteiger partial charge on any atom is -0.409 e. The third kappa shape index (κ3) is 6.68. The van der Waals surface area contributed by atoms with Crippen LogP contribution in [0.1, 0.15) is 19.8 Å². The molecule has 0 heterocycles. The van der Waals surface area contributed by atoms with Gasteiger partial charge in [-0.1, -0.05) is 12.1 Å². The summed E-state index contributed by atoms with van der Waals surface area (Å²) in [6.07, 6.45) is 2.14. The van der Waals surface area contributed by atoms with Crippen LogP contribution in [0.2, 0.25) is 0 Å². The van der Waals surface area contributed by atoms with E-state index in [9.17, 15) is 0 Å². The molecular weight excluding hydrogens is 182 g/mol. The molecule has 0 aliphatic heterocycles. The van der Waals surface area contributed by atoms with Crippen molar-refractivity contribution < 1.29 is 9.94 Å². The molecule has 0 aliphatic carbocycles. The summed E-state index contributed by atoms with van der Waals surface area (Å²) < 4.78 is 4.93. The van der Waals surface area contributed by atoms with Crippen molar-refractivity contribution in [3.63, 3.8) is 0 Å². The van der Waals surface area contributed by atoms with Crippen molar-refractivity contribution in [3.05, 3.63) is 0 Å². The molecule has 0 saturated carbocycles. The van der Waals surface area contributed by atoms with Crippen molar-refractivity contribution in [3.8, 4) is 0 Å². The van der Waals surface area contributed by atoms with Crippen LogP contribution >= 0.6 is 0 Å². The number of methoxy groups -OCH3 is 1. The van der Waals surface area contributed by atoms with Gasteiger partial charge in [-0.05, 0) is 19.4 Å². The lowest BCUT2D eigenvalue weighted by atomic mass is 10.1. The zero-order chi connectivity index (χ0) is 10.8. The number of nitrogens with zero attached hydrogens (tertiary/aromatic N) is 1. The molecule has 1 unspecified atom stereocenters. The highest BCUT2D eigenvalue weighted by atomic mass is 16.5.